The van der Waals surface area contributed by atoms with Crippen LogP contribution in [0.25, 0.3) is 0 Å². The van der Waals surface area contributed by atoms with E-state index in [2.05, 4.69) is 10.6 Å². The number of rotatable bonds is 5. The molecular weight excluding hydrogens is 410 g/mol. The first-order valence-electron chi connectivity index (χ1n) is 9.97. The lowest BCUT2D eigenvalue weighted by molar-refractivity contribution is -0.137. The van der Waals surface area contributed by atoms with Gasteiger partial charge in [0.2, 0.25) is 0 Å². The molecule has 0 unspecified atom stereocenters. The van der Waals surface area contributed by atoms with E-state index in [1.54, 1.807) is 42.5 Å². The smallest absolute Gasteiger partial charge is 0.313 e. The number of carbonyl (C=O) groups excluding carboxylic acids is 3. The van der Waals surface area contributed by atoms with Crippen molar-refractivity contribution in [1.82, 2.24) is 5.32 Å². The summed E-state index contributed by atoms with van der Waals surface area (Å²) >= 11 is 0. The van der Waals surface area contributed by atoms with Crippen LogP contribution in [-0.4, -0.2) is 28.9 Å². The molecule has 0 fully saturated rings. The number of hydrogen-bond acceptors (Lipinski definition) is 5. The number of hydrogen-bond donors (Lipinski definition) is 4. The molecule has 0 aliphatic heterocycles. The van der Waals surface area contributed by atoms with Crippen LogP contribution in [0.15, 0.2) is 72.8 Å². The molecule has 0 bridgehead atoms. The fraction of sp³-hybridized carbons (Fsp3) is 0.125. The number of nitrogens with two attached hydrogens (primary N) is 1. The molecule has 8 nitrogen and oxygen atoms in total. The van der Waals surface area contributed by atoms with Gasteiger partial charge in [0.25, 0.3) is 5.91 Å². The maximum absolute atomic E-state index is 12.4. The van der Waals surface area contributed by atoms with Crippen molar-refractivity contribution in [3.05, 3.63) is 89.5 Å². The average molecular weight is 431 g/mol. The SMILES string of the molecule is NC(=O)c1ccccc1Oc1cccc(NC(=O)C(=O)N[C@H]2c3ccccc3C[C@H]2O)c1. The second-order valence-corrected chi connectivity index (χ2v) is 7.37. The van der Waals surface area contributed by atoms with E-state index in [1.165, 1.54) is 6.07 Å². The molecule has 0 radical (unpaired) electrons. The Kier molecular flexibility index (Phi) is 5.87. The van der Waals surface area contributed by atoms with Gasteiger partial charge in [-0.3, -0.25) is 14.4 Å². The summed E-state index contributed by atoms with van der Waals surface area (Å²) < 4.78 is 5.73. The molecule has 8 heteroatoms. The minimum atomic E-state index is -0.878. The van der Waals surface area contributed by atoms with Crippen LogP contribution >= 0.6 is 0 Å². The van der Waals surface area contributed by atoms with Crippen molar-refractivity contribution in [2.75, 3.05) is 5.32 Å². The Balaban J connectivity index is 1.43. The van der Waals surface area contributed by atoms with E-state index < -0.39 is 29.9 Å². The van der Waals surface area contributed by atoms with Gasteiger partial charge in [-0.1, -0.05) is 42.5 Å². The lowest BCUT2D eigenvalue weighted by atomic mass is 10.1. The number of para-hydroxylation sites is 1. The second-order valence-electron chi connectivity index (χ2n) is 7.37. The Hall–Kier alpha value is -4.17. The van der Waals surface area contributed by atoms with E-state index >= 15 is 0 Å². The first kappa shape index (κ1) is 21.1. The second kappa shape index (κ2) is 8.91. The van der Waals surface area contributed by atoms with Gasteiger partial charge >= 0.3 is 11.8 Å². The number of aliphatic hydroxyl groups is 1. The van der Waals surface area contributed by atoms with Crippen LogP contribution in [0, 0.1) is 0 Å². The molecule has 0 heterocycles. The molecule has 0 aromatic heterocycles. The molecule has 32 heavy (non-hydrogen) atoms. The van der Waals surface area contributed by atoms with E-state index in [4.69, 9.17) is 10.5 Å². The van der Waals surface area contributed by atoms with Crippen LogP contribution < -0.4 is 21.1 Å². The third kappa shape index (κ3) is 4.45. The highest BCUT2D eigenvalue weighted by Gasteiger charge is 2.33. The summed E-state index contributed by atoms with van der Waals surface area (Å²) in [6.07, 6.45) is -0.388. The molecule has 162 valence electrons. The van der Waals surface area contributed by atoms with Crippen LogP contribution in [0.1, 0.15) is 27.5 Å². The summed E-state index contributed by atoms with van der Waals surface area (Å²) in [4.78, 5) is 36.4. The Bertz CT molecular complexity index is 1190. The van der Waals surface area contributed by atoms with E-state index in [1.807, 2.05) is 24.3 Å². The fourth-order valence-corrected chi connectivity index (χ4v) is 3.67. The van der Waals surface area contributed by atoms with E-state index in [-0.39, 0.29) is 11.3 Å². The zero-order chi connectivity index (χ0) is 22.7. The monoisotopic (exact) mass is 431 g/mol. The molecule has 2 atom stereocenters. The van der Waals surface area contributed by atoms with Crippen LogP contribution in [0.4, 0.5) is 5.69 Å². The van der Waals surface area contributed by atoms with Gasteiger partial charge in [0.15, 0.2) is 0 Å². The highest BCUT2D eigenvalue weighted by atomic mass is 16.5. The molecule has 1 aliphatic rings. The lowest BCUT2D eigenvalue weighted by Crippen LogP contribution is -2.40. The van der Waals surface area contributed by atoms with Crippen molar-refractivity contribution >= 4 is 23.4 Å². The third-order valence-corrected chi connectivity index (χ3v) is 5.17. The highest BCUT2D eigenvalue weighted by Crippen LogP contribution is 2.31. The molecule has 5 N–H and O–H groups in total. The average Bonchev–Trinajstić information content (AvgIpc) is 3.09. The number of fused-ring (bicyclic) bond motifs is 1. The Morgan fingerprint density at radius 2 is 1.69 bits per heavy atom. The Morgan fingerprint density at radius 3 is 2.50 bits per heavy atom. The Morgan fingerprint density at radius 1 is 0.938 bits per heavy atom. The normalized spacial score (nSPS) is 16.7. The van der Waals surface area contributed by atoms with Crippen molar-refractivity contribution in [3.8, 4) is 11.5 Å². The van der Waals surface area contributed by atoms with Gasteiger partial charge in [-0.05, 0) is 35.4 Å². The van der Waals surface area contributed by atoms with Gasteiger partial charge in [0, 0.05) is 18.2 Å². The number of ether oxygens (including phenoxy) is 1. The van der Waals surface area contributed by atoms with Gasteiger partial charge in [-0.25, -0.2) is 0 Å². The standard InChI is InChI=1S/C24H21N3O5/c25-22(29)18-10-3-4-11-20(18)32-16-8-5-7-15(13-16)26-23(30)24(31)27-21-17-9-2-1-6-14(17)12-19(21)28/h1-11,13,19,21,28H,12H2,(H2,25,29)(H,26,30)(H,27,31)/t19-,21+/m1/s1. The predicted octanol–water partition coefficient (Wildman–Crippen LogP) is 2.29. The zero-order valence-electron chi connectivity index (χ0n) is 16.9. The number of nitrogens with one attached hydrogen (secondary N) is 2. The van der Waals surface area contributed by atoms with Gasteiger partial charge in [-0.2, -0.15) is 0 Å². The van der Waals surface area contributed by atoms with Crippen LogP contribution in [0.5, 0.6) is 11.5 Å². The molecule has 4 rings (SSSR count). The van der Waals surface area contributed by atoms with E-state index in [0.717, 1.165) is 11.1 Å². The van der Waals surface area contributed by atoms with E-state index in [9.17, 15) is 19.5 Å². The number of benzene rings is 3. The topological polar surface area (TPSA) is 131 Å². The van der Waals surface area contributed by atoms with Crippen LogP contribution in [-0.2, 0) is 16.0 Å². The molecule has 3 amide bonds. The fourth-order valence-electron chi connectivity index (χ4n) is 3.67. The summed E-state index contributed by atoms with van der Waals surface area (Å²) in [6, 6.07) is 19.6. The van der Waals surface area contributed by atoms with Gasteiger partial charge in [0.05, 0.1) is 17.7 Å². The van der Waals surface area contributed by atoms with Crippen LogP contribution in [0.2, 0.25) is 0 Å². The maximum Gasteiger partial charge on any atom is 0.313 e. The number of aliphatic hydroxyl groups excluding tert-OH is 1. The molecule has 1 aliphatic carbocycles. The number of anilines is 1. The van der Waals surface area contributed by atoms with Crippen molar-refractivity contribution in [1.29, 1.82) is 0 Å². The quantitative estimate of drug-likeness (QED) is 0.461. The Labute approximate surface area is 184 Å². The molecule has 3 aromatic carbocycles. The summed E-state index contributed by atoms with van der Waals surface area (Å²) in [6.45, 7) is 0. The van der Waals surface area contributed by atoms with Gasteiger partial charge in [0.1, 0.15) is 11.5 Å². The molecule has 0 spiro atoms. The summed E-state index contributed by atoms with van der Waals surface area (Å²) in [7, 11) is 0. The molecular formula is C24H21N3O5. The summed E-state index contributed by atoms with van der Waals surface area (Å²) in [5, 5.41) is 15.4. The molecule has 0 saturated heterocycles. The molecule has 0 saturated carbocycles. The summed E-state index contributed by atoms with van der Waals surface area (Å²) in [5.41, 5.74) is 7.64. The van der Waals surface area contributed by atoms with Crippen molar-refractivity contribution in [2.45, 2.75) is 18.6 Å². The largest absolute Gasteiger partial charge is 0.456 e. The number of amides is 3. The third-order valence-electron chi connectivity index (χ3n) is 5.17. The van der Waals surface area contributed by atoms with Crippen molar-refractivity contribution < 1.29 is 24.2 Å². The first-order valence-corrected chi connectivity index (χ1v) is 9.97. The number of primary amides is 1. The van der Waals surface area contributed by atoms with Gasteiger partial charge < -0.3 is 26.2 Å². The van der Waals surface area contributed by atoms with Crippen LogP contribution in [0.3, 0.4) is 0 Å². The van der Waals surface area contributed by atoms with Gasteiger partial charge in [-0.15, -0.1) is 0 Å². The predicted molar refractivity (Wildman–Crippen MR) is 117 cm³/mol. The maximum atomic E-state index is 12.4. The molecule has 3 aromatic rings. The first-order chi connectivity index (χ1) is 15.4. The van der Waals surface area contributed by atoms with Crippen molar-refractivity contribution in [3.63, 3.8) is 0 Å². The highest BCUT2D eigenvalue weighted by molar-refractivity contribution is 6.39. The minimum absolute atomic E-state index is 0.219. The van der Waals surface area contributed by atoms with Crippen molar-refractivity contribution in [2.24, 2.45) is 5.73 Å². The minimum Gasteiger partial charge on any atom is -0.456 e. The zero-order valence-corrected chi connectivity index (χ0v) is 16.9. The summed E-state index contributed by atoms with van der Waals surface area (Å²) in [5.74, 6) is -1.75. The van der Waals surface area contributed by atoms with E-state index in [0.29, 0.717) is 17.9 Å². The number of carbonyl (C=O) groups is 3. The lowest BCUT2D eigenvalue weighted by Gasteiger charge is -2.17.